The van der Waals surface area contributed by atoms with Gasteiger partial charge in [0.15, 0.2) is 0 Å². The van der Waals surface area contributed by atoms with Gasteiger partial charge >= 0.3 is 0 Å². The maximum Gasteiger partial charge on any atom is 0.138 e. The van der Waals surface area contributed by atoms with Gasteiger partial charge in [0.05, 0.1) is 15.9 Å². The lowest BCUT2D eigenvalue weighted by Crippen LogP contribution is -2.09. The average Bonchev–Trinajstić information content (AvgIpc) is 2.54. The van der Waals surface area contributed by atoms with E-state index in [9.17, 15) is 4.79 Å². The third-order valence-corrected chi connectivity index (χ3v) is 3.66. The number of aromatic nitrogens is 2. The fourth-order valence-corrected chi connectivity index (χ4v) is 2.11. The molecule has 0 saturated heterocycles. The van der Waals surface area contributed by atoms with E-state index in [0.717, 1.165) is 35.2 Å². The summed E-state index contributed by atoms with van der Waals surface area (Å²) in [6, 6.07) is 0. The molecule has 0 bridgehead atoms. The number of carbonyl (C=O) groups excluding carboxylic acids is 1. The molecule has 0 radical (unpaired) electrons. The number of hydrogen-bond acceptors (Lipinski definition) is 2. The number of hydrogen-bond donors (Lipinski definition) is 0. The van der Waals surface area contributed by atoms with Gasteiger partial charge in [-0.3, -0.25) is 9.48 Å². The highest BCUT2D eigenvalue weighted by Crippen LogP contribution is 2.22. The van der Waals surface area contributed by atoms with E-state index in [1.165, 1.54) is 0 Å². The number of rotatable bonds is 6. The van der Waals surface area contributed by atoms with Crippen LogP contribution in [0.1, 0.15) is 44.5 Å². The van der Waals surface area contributed by atoms with E-state index in [2.05, 4.69) is 28.0 Å². The number of ketones is 1. The fourth-order valence-electron chi connectivity index (χ4n) is 1.69. The molecule has 0 N–H and O–H groups in total. The second-order valence-electron chi connectivity index (χ2n) is 3.98. The molecule has 0 amide bonds. The number of aryl methyl sites for hydroxylation is 2. The van der Waals surface area contributed by atoms with Crippen LogP contribution < -0.4 is 0 Å². The lowest BCUT2D eigenvalue weighted by atomic mass is 10.1. The van der Waals surface area contributed by atoms with Crippen LogP contribution in [-0.2, 0) is 17.8 Å². The van der Waals surface area contributed by atoms with Crippen LogP contribution in [-0.4, -0.2) is 15.6 Å². The smallest absolute Gasteiger partial charge is 0.138 e. The molecule has 1 aromatic heterocycles. The van der Waals surface area contributed by atoms with Crippen molar-refractivity contribution in [3.63, 3.8) is 0 Å². The molecule has 0 unspecified atom stereocenters. The van der Waals surface area contributed by atoms with Crippen molar-refractivity contribution in [1.82, 2.24) is 9.78 Å². The number of nitrogens with zero attached hydrogens (tertiary/aromatic N) is 2. The normalized spacial score (nSPS) is 10.8. The molecule has 1 aromatic rings. The second kappa shape index (κ2) is 6.18. The highest BCUT2D eigenvalue weighted by atomic mass is 79.9. The summed E-state index contributed by atoms with van der Waals surface area (Å²) in [6.07, 6.45) is 3.22. The Morgan fingerprint density at radius 1 is 1.44 bits per heavy atom. The summed E-state index contributed by atoms with van der Waals surface area (Å²) in [6.45, 7) is 6.90. The van der Waals surface area contributed by atoms with E-state index in [-0.39, 0.29) is 0 Å². The molecule has 1 rings (SSSR count). The Balaban J connectivity index is 2.75. The number of Topliss-reactive ketones (excluding diaryl/α,β-unsaturated/α-hetero) is 1. The molecular formula is C12H19BrN2O. The first-order chi connectivity index (χ1) is 7.60. The summed E-state index contributed by atoms with van der Waals surface area (Å²) in [4.78, 5) is 11.7. The van der Waals surface area contributed by atoms with Crippen molar-refractivity contribution in [2.24, 2.45) is 0 Å². The lowest BCUT2D eigenvalue weighted by molar-refractivity contribution is -0.118. The van der Waals surface area contributed by atoms with E-state index >= 15 is 0 Å². The van der Waals surface area contributed by atoms with Crippen molar-refractivity contribution < 1.29 is 4.79 Å². The average molecular weight is 287 g/mol. The first-order valence-electron chi connectivity index (χ1n) is 5.83. The Hall–Kier alpha value is -0.640. The molecule has 0 aliphatic heterocycles. The number of halogens is 1. The maximum absolute atomic E-state index is 11.7. The summed E-state index contributed by atoms with van der Waals surface area (Å²) in [7, 11) is 0. The van der Waals surface area contributed by atoms with Crippen LogP contribution in [0.2, 0.25) is 0 Å². The highest BCUT2D eigenvalue weighted by molar-refractivity contribution is 9.10. The van der Waals surface area contributed by atoms with E-state index in [1.807, 2.05) is 18.5 Å². The monoisotopic (exact) mass is 286 g/mol. The van der Waals surface area contributed by atoms with Crippen molar-refractivity contribution in [3.05, 3.63) is 15.9 Å². The zero-order valence-electron chi connectivity index (χ0n) is 10.2. The minimum atomic E-state index is 0.303. The Bertz CT molecular complexity index is 371. The summed E-state index contributed by atoms with van der Waals surface area (Å²) >= 11 is 3.50. The van der Waals surface area contributed by atoms with Crippen LogP contribution in [0.15, 0.2) is 4.47 Å². The van der Waals surface area contributed by atoms with Gasteiger partial charge in [0.2, 0.25) is 0 Å². The van der Waals surface area contributed by atoms with Crippen molar-refractivity contribution in [1.29, 1.82) is 0 Å². The quantitative estimate of drug-likeness (QED) is 0.804. The standard InChI is InChI=1S/C12H19BrN2O/c1-4-6-7-10(16)8-11-12(13)9(3)14-15(11)5-2/h4-8H2,1-3H3. The molecule has 90 valence electrons. The molecular weight excluding hydrogens is 268 g/mol. The minimum absolute atomic E-state index is 0.303. The van der Waals surface area contributed by atoms with Crippen LogP contribution in [0.5, 0.6) is 0 Å². The van der Waals surface area contributed by atoms with Gasteiger partial charge < -0.3 is 0 Å². The van der Waals surface area contributed by atoms with Gasteiger partial charge in [-0.1, -0.05) is 13.3 Å². The number of unbranched alkanes of at least 4 members (excludes halogenated alkanes) is 1. The van der Waals surface area contributed by atoms with Crippen LogP contribution in [0.3, 0.4) is 0 Å². The Morgan fingerprint density at radius 2 is 2.12 bits per heavy atom. The van der Waals surface area contributed by atoms with Gasteiger partial charge in [0, 0.05) is 19.4 Å². The fraction of sp³-hybridized carbons (Fsp3) is 0.667. The summed E-state index contributed by atoms with van der Waals surface area (Å²) in [5.74, 6) is 0.303. The van der Waals surface area contributed by atoms with Gasteiger partial charge in [-0.25, -0.2) is 0 Å². The molecule has 0 aliphatic rings. The van der Waals surface area contributed by atoms with Gasteiger partial charge in [-0.05, 0) is 36.2 Å². The summed E-state index contributed by atoms with van der Waals surface area (Å²) < 4.78 is 2.89. The Morgan fingerprint density at radius 3 is 2.69 bits per heavy atom. The molecule has 1 heterocycles. The SMILES string of the molecule is CCCCC(=O)Cc1c(Br)c(C)nn1CC. The zero-order chi connectivity index (χ0) is 12.1. The predicted molar refractivity (Wildman–Crippen MR) is 68.6 cm³/mol. The topological polar surface area (TPSA) is 34.9 Å². The first kappa shape index (κ1) is 13.4. The second-order valence-corrected chi connectivity index (χ2v) is 4.77. The summed E-state index contributed by atoms with van der Waals surface area (Å²) in [5, 5.41) is 4.38. The van der Waals surface area contributed by atoms with Crippen molar-refractivity contribution in [2.75, 3.05) is 0 Å². The van der Waals surface area contributed by atoms with Gasteiger partial charge in [-0.2, -0.15) is 5.10 Å². The Labute approximate surface area is 105 Å². The van der Waals surface area contributed by atoms with Crippen LogP contribution in [0.25, 0.3) is 0 Å². The molecule has 0 saturated carbocycles. The number of carbonyl (C=O) groups is 1. The van der Waals surface area contributed by atoms with Gasteiger partial charge in [0.1, 0.15) is 5.78 Å². The van der Waals surface area contributed by atoms with E-state index in [0.29, 0.717) is 18.6 Å². The van der Waals surface area contributed by atoms with Crippen LogP contribution in [0, 0.1) is 6.92 Å². The molecule has 0 aromatic carbocycles. The largest absolute Gasteiger partial charge is 0.299 e. The predicted octanol–water partition coefficient (Wildman–Crippen LogP) is 3.28. The molecule has 4 heteroatoms. The lowest BCUT2D eigenvalue weighted by Gasteiger charge is -2.04. The molecule has 0 fully saturated rings. The van der Waals surface area contributed by atoms with Crippen molar-refractivity contribution in [3.8, 4) is 0 Å². The van der Waals surface area contributed by atoms with Crippen LogP contribution in [0.4, 0.5) is 0 Å². The van der Waals surface area contributed by atoms with E-state index < -0.39 is 0 Å². The third kappa shape index (κ3) is 3.17. The molecule has 0 spiro atoms. The van der Waals surface area contributed by atoms with Gasteiger partial charge in [-0.15, -0.1) is 0 Å². The molecule has 3 nitrogen and oxygen atoms in total. The van der Waals surface area contributed by atoms with E-state index in [1.54, 1.807) is 0 Å². The highest BCUT2D eigenvalue weighted by Gasteiger charge is 2.14. The first-order valence-corrected chi connectivity index (χ1v) is 6.62. The minimum Gasteiger partial charge on any atom is -0.299 e. The summed E-state index contributed by atoms with van der Waals surface area (Å²) in [5.41, 5.74) is 1.97. The molecule has 0 atom stereocenters. The van der Waals surface area contributed by atoms with Crippen LogP contribution >= 0.6 is 15.9 Å². The van der Waals surface area contributed by atoms with Crippen molar-refractivity contribution in [2.45, 2.75) is 53.0 Å². The van der Waals surface area contributed by atoms with Gasteiger partial charge in [0.25, 0.3) is 0 Å². The van der Waals surface area contributed by atoms with E-state index in [4.69, 9.17) is 0 Å². The zero-order valence-corrected chi connectivity index (χ0v) is 11.8. The Kier molecular flexibility index (Phi) is 5.19. The van der Waals surface area contributed by atoms with Crippen molar-refractivity contribution >= 4 is 21.7 Å². The maximum atomic E-state index is 11.7. The molecule has 16 heavy (non-hydrogen) atoms. The molecule has 0 aliphatic carbocycles. The third-order valence-electron chi connectivity index (χ3n) is 2.63.